The molecule has 0 aliphatic carbocycles. The van der Waals surface area contributed by atoms with Crippen LogP contribution in [0.25, 0.3) is 0 Å². The van der Waals surface area contributed by atoms with Gasteiger partial charge in [-0.2, -0.15) is 5.43 Å². The third kappa shape index (κ3) is 6.00. The van der Waals surface area contributed by atoms with Crippen LogP contribution < -0.4 is 10.2 Å². The summed E-state index contributed by atoms with van der Waals surface area (Å²) in [6.45, 7) is -0.335. The molecule has 0 radical (unpaired) electrons. The molecule has 12 nitrogen and oxygen atoms in total. The SMILES string of the molecule is O=C(c1cc([N+](=O)[O-])ccc1I)N(NCOc1ccncc1)C(=O)c1cc([N+](=O)[O-])ccc1I. The zero-order valence-corrected chi connectivity index (χ0v) is 21.2. The van der Waals surface area contributed by atoms with Gasteiger partial charge < -0.3 is 4.74 Å². The van der Waals surface area contributed by atoms with Gasteiger partial charge in [-0.05, 0) is 69.4 Å². The first kappa shape index (κ1) is 25.4. The van der Waals surface area contributed by atoms with Crippen LogP contribution in [0.1, 0.15) is 20.7 Å². The van der Waals surface area contributed by atoms with Crippen molar-refractivity contribution in [2.45, 2.75) is 0 Å². The number of amides is 2. The minimum absolute atomic E-state index is 0.111. The Morgan fingerprint density at radius 2 is 1.35 bits per heavy atom. The molecule has 0 fully saturated rings. The van der Waals surface area contributed by atoms with Crippen LogP contribution in [0.4, 0.5) is 11.4 Å². The van der Waals surface area contributed by atoms with Crippen LogP contribution >= 0.6 is 45.2 Å². The number of hydrogen-bond acceptors (Lipinski definition) is 9. The highest BCUT2D eigenvalue weighted by Gasteiger charge is 2.29. The molecule has 0 unspecified atom stereocenters. The van der Waals surface area contributed by atoms with Crippen molar-refractivity contribution in [1.82, 2.24) is 15.4 Å². The molecule has 34 heavy (non-hydrogen) atoms. The molecule has 0 aliphatic rings. The van der Waals surface area contributed by atoms with Crippen molar-refractivity contribution in [3.8, 4) is 5.75 Å². The number of ether oxygens (including phenoxy) is 1. The van der Waals surface area contributed by atoms with E-state index < -0.39 is 21.7 Å². The molecule has 2 aromatic carbocycles. The maximum atomic E-state index is 13.3. The van der Waals surface area contributed by atoms with Gasteiger partial charge in [0.1, 0.15) is 5.75 Å². The standard InChI is InChI=1S/C20H13I2N5O7/c21-17-3-1-12(26(30)31)9-15(17)19(28)25(24-11-34-14-5-7-23-8-6-14)20(29)16-10-13(27(32)33)2-4-18(16)22/h1-10,24H,11H2. The number of carbonyl (C=O) groups is 2. The molecule has 174 valence electrons. The van der Waals surface area contributed by atoms with E-state index in [9.17, 15) is 29.8 Å². The van der Waals surface area contributed by atoms with Crippen LogP contribution in [0, 0.1) is 27.4 Å². The number of carbonyl (C=O) groups excluding carboxylic acids is 2. The summed E-state index contributed by atoms with van der Waals surface area (Å²) in [5.41, 5.74) is 1.66. The molecule has 0 aliphatic heterocycles. The fourth-order valence-electron chi connectivity index (χ4n) is 2.67. The Balaban J connectivity index is 1.98. The van der Waals surface area contributed by atoms with Crippen molar-refractivity contribution >= 4 is 68.4 Å². The molecule has 1 N–H and O–H groups in total. The van der Waals surface area contributed by atoms with Crippen molar-refractivity contribution in [2.75, 3.05) is 6.73 Å². The van der Waals surface area contributed by atoms with Crippen LogP contribution in [0.3, 0.4) is 0 Å². The summed E-state index contributed by atoms with van der Waals surface area (Å²) < 4.78 is 6.19. The van der Waals surface area contributed by atoms with Gasteiger partial charge in [0.2, 0.25) is 0 Å². The summed E-state index contributed by atoms with van der Waals surface area (Å²) >= 11 is 3.63. The number of pyridine rings is 1. The Bertz CT molecular complexity index is 1200. The van der Waals surface area contributed by atoms with Gasteiger partial charge in [-0.3, -0.25) is 34.8 Å². The first-order chi connectivity index (χ1) is 16.2. The molecule has 0 spiro atoms. The number of benzene rings is 2. The zero-order chi connectivity index (χ0) is 24.8. The van der Waals surface area contributed by atoms with E-state index in [1.807, 2.05) is 45.2 Å². The molecule has 3 aromatic rings. The molecular weight excluding hydrogens is 676 g/mol. The highest BCUT2D eigenvalue weighted by Crippen LogP contribution is 2.24. The summed E-state index contributed by atoms with van der Waals surface area (Å²) in [7, 11) is 0. The van der Waals surface area contributed by atoms with Crippen LogP contribution in [-0.2, 0) is 0 Å². The number of nitro groups is 2. The third-order valence-electron chi connectivity index (χ3n) is 4.30. The molecule has 0 saturated heterocycles. The van der Waals surface area contributed by atoms with Gasteiger partial charge >= 0.3 is 0 Å². The van der Waals surface area contributed by atoms with Gasteiger partial charge in [-0.25, -0.2) is 5.01 Å². The molecule has 14 heteroatoms. The van der Waals surface area contributed by atoms with E-state index in [2.05, 4.69) is 10.4 Å². The number of non-ortho nitro benzene ring substituents is 2. The van der Waals surface area contributed by atoms with Crippen LogP contribution in [0.2, 0.25) is 0 Å². The predicted octanol–water partition coefficient (Wildman–Crippen LogP) is 3.93. The van der Waals surface area contributed by atoms with Crippen molar-refractivity contribution in [3.63, 3.8) is 0 Å². The molecule has 1 heterocycles. The predicted molar refractivity (Wildman–Crippen MR) is 135 cm³/mol. The van der Waals surface area contributed by atoms with E-state index >= 15 is 0 Å². The molecular formula is C20H13I2N5O7. The number of aromatic nitrogens is 1. The second kappa shape index (κ2) is 11.3. The van der Waals surface area contributed by atoms with E-state index in [0.29, 0.717) is 17.9 Å². The highest BCUT2D eigenvalue weighted by molar-refractivity contribution is 14.1. The number of nitrogens with zero attached hydrogens (tertiary/aromatic N) is 4. The maximum Gasteiger partial charge on any atom is 0.276 e. The number of nitrogens with one attached hydrogen (secondary N) is 1. The fourth-order valence-corrected chi connectivity index (χ4v) is 3.81. The van der Waals surface area contributed by atoms with Gasteiger partial charge in [0.15, 0.2) is 6.73 Å². The number of hydrogen-bond donors (Lipinski definition) is 1. The van der Waals surface area contributed by atoms with Crippen LogP contribution in [0.15, 0.2) is 60.9 Å². The van der Waals surface area contributed by atoms with E-state index in [1.165, 1.54) is 36.7 Å². The number of rotatable bonds is 8. The summed E-state index contributed by atoms with van der Waals surface area (Å²) in [4.78, 5) is 51.6. The number of nitro benzene ring substituents is 2. The maximum absolute atomic E-state index is 13.3. The molecule has 0 bridgehead atoms. The monoisotopic (exact) mass is 689 g/mol. The quantitative estimate of drug-likeness (QED) is 0.122. The highest BCUT2D eigenvalue weighted by atomic mass is 127. The Hall–Kier alpha value is -3.25. The molecule has 1 aromatic heterocycles. The smallest absolute Gasteiger partial charge is 0.276 e. The van der Waals surface area contributed by atoms with E-state index in [4.69, 9.17) is 4.74 Å². The number of hydrazine groups is 1. The molecule has 0 saturated carbocycles. The van der Waals surface area contributed by atoms with Gasteiger partial charge in [-0.1, -0.05) is 0 Å². The molecule has 0 atom stereocenters. The lowest BCUT2D eigenvalue weighted by Gasteiger charge is -2.23. The average Bonchev–Trinajstić information content (AvgIpc) is 2.82. The first-order valence-corrected chi connectivity index (χ1v) is 11.4. The molecule has 3 rings (SSSR count). The van der Waals surface area contributed by atoms with Crippen LogP contribution in [0.5, 0.6) is 5.75 Å². The van der Waals surface area contributed by atoms with Gasteiger partial charge in [0, 0.05) is 43.8 Å². The number of halogens is 2. The second-order valence-electron chi connectivity index (χ2n) is 6.42. The Labute approximate surface area is 218 Å². The van der Waals surface area contributed by atoms with Crippen LogP contribution in [-0.4, -0.2) is 38.4 Å². The minimum atomic E-state index is -0.904. The summed E-state index contributed by atoms with van der Waals surface area (Å²) in [6.07, 6.45) is 2.97. The summed E-state index contributed by atoms with van der Waals surface area (Å²) in [5, 5.41) is 23.0. The lowest BCUT2D eigenvalue weighted by Crippen LogP contribution is -2.49. The zero-order valence-electron chi connectivity index (χ0n) is 16.9. The van der Waals surface area contributed by atoms with Crippen molar-refractivity contribution in [2.24, 2.45) is 0 Å². The van der Waals surface area contributed by atoms with E-state index in [0.717, 1.165) is 12.1 Å². The van der Waals surface area contributed by atoms with Crippen molar-refractivity contribution < 1.29 is 24.2 Å². The Kier molecular flexibility index (Phi) is 8.40. The topological polar surface area (TPSA) is 158 Å². The lowest BCUT2D eigenvalue weighted by molar-refractivity contribution is -0.385. The third-order valence-corrected chi connectivity index (χ3v) is 6.18. The fraction of sp³-hybridized carbons (Fsp3) is 0.0500. The first-order valence-electron chi connectivity index (χ1n) is 9.22. The van der Waals surface area contributed by atoms with E-state index in [1.54, 1.807) is 12.1 Å². The lowest BCUT2D eigenvalue weighted by atomic mass is 10.1. The van der Waals surface area contributed by atoms with E-state index in [-0.39, 0.29) is 29.2 Å². The average molecular weight is 689 g/mol. The minimum Gasteiger partial charge on any atom is -0.477 e. The Morgan fingerprint density at radius 3 is 1.79 bits per heavy atom. The summed E-state index contributed by atoms with van der Waals surface area (Å²) in [5.74, 6) is -1.41. The van der Waals surface area contributed by atoms with Crippen molar-refractivity contribution in [1.29, 1.82) is 0 Å². The van der Waals surface area contributed by atoms with Gasteiger partial charge in [0.25, 0.3) is 23.2 Å². The summed E-state index contributed by atoms with van der Waals surface area (Å²) in [6, 6.07) is 10.4. The normalized spacial score (nSPS) is 10.4. The second-order valence-corrected chi connectivity index (χ2v) is 8.74. The molecule has 2 amide bonds. The largest absolute Gasteiger partial charge is 0.477 e. The van der Waals surface area contributed by atoms with Gasteiger partial charge in [-0.15, -0.1) is 0 Å². The van der Waals surface area contributed by atoms with Gasteiger partial charge in [0.05, 0.1) is 21.0 Å². The van der Waals surface area contributed by atoms with Crippen molar-refractivity contribution in [3.05, 3.63) is 99.4 Å². The Morgan fingerprint density at radius 1 is 0.882 bits per heavy atom. The number of imide groups is 1.